The van der Waals surface area contributed by atoms with E-state index in [9.17, 15) is 5.11 Å². The third kappa shape index (κ3) is 2.06. The smallest absolute Gasteiger partial charge is 0.124 e. The molecule has 0 saturated carbocycles. The highest BCUT2D eigenvalue weighted by Crippen LogP contribution is 2.30. The summed E-state index contributed by atoms with van der Waals surface area (Å²) in [6.07, 6.45) is 0.877. The van der Waals surface area contributed by atoms with Crippen molar-refractivity contribution in [2.24, 2.45) is 0 Å². The van der Waals surface area contributed by atoms with Gasteiger partial charge in [0.2, 0.25) is 0 Å². The minimum Gasteiger partial charge on any atom is -0.507 e. The number of phenolic OH excluding ortho intramolecular Hbond substituents is 1. The Balaban J connectivity index is 2.29. The van der Waals surface area contributed by atoms with Crippen LogP contribution in [0, 0.1) is 0 Å². The molecule has 1 heterocycles. The molecule has 3 rings (SSSR count). The maximum atomic E-state index is 9.96. The van der Waals surface area contributed by atoms with Crippen molar-refractivity contribution in [3.8, 4) is 17.0 Å². The average Bonchev–Trinajstić information content (AvgIpc) is 2.46. The van der Waals surface area contributed by atoms with Crippen LogP contribution in [0.15, 0.2) is 54.6 Å². The molecule has 0 unspecified atom stereocenters. The van der Waals surface area contributed by atoms with Crippen molar-refractivity contribution in [2.75, 3.05) is 0 Å². The van der Waals surface area contributed by atoms with Crippen molar-refractivity contribution in [2.45, 2.75) is 13.3 Å². The Labute approximate surface area is 112 Å². The van der Waals surface area contributed by atoms with E-state index >= 15 is 0 Å². The second-order valence-electron chi connectivity index (χ2n) is 4.55. The van der Waals surface area contributed by atoms with Crippen LogP contribution in [0.3, 0.4) is 0 Å². The van der Waals surface area contributed by atoms with Gasteiger partial charge in [-0.2, -0.15) is 0 Å². The summed E-state index contributed by atoms with van der Waals surface area (Å²) >= 11 is 0. The van der Waals surface area contributed by atoms with Gasteiger partial charge >= 0.3 is 0 Å². The first-order chi connectivity index (χ1) is 9.29. The first-order valence-corrected chi connectivity index (χ1v) is 6.46. The van der Waals surface area contributed by atoms with Gasteiger partial charge in [-0.15, -0.1) is 0 Å². The number of rotatable bonds is 2. The normalized spacial score (nSPS) is 10.8. The standard InChI is InChI=1S/C17H15NO/c1-2-15-13-8-4-3-7-12(13)11-16(18-15)14-9-5-6-10-17(14)19/h3-11,19H,2H2,1H3. The lowest BCUT2D eigenvalue weighted by molar-refractivity contribution is 0.477. The Bertz CT molecular complexity index is 734. The molecule has 0 aliphatic heterocycles. The van der Waals surface area contributed by atoms with E-state index < -0.39 is 0 Å². The van der Waals surface area contributed by atoms with Crippen molar-refractivity contribution < 1.29 is 5.11 Å². The zero-order valence-corrected chi connectivity index (χ0v) is 10.8. The molecule has 1 aromatic heterocycles. The number of aromatic nitrogens is 1. The molecule has 0 spiro atoms. The number of pyridine rings is 1. The molecule has 0 amide bonds. The second kappa shape index (κ2) is 4.73. The van der Waals surface area contributed by atoms with Crippen LogP contribution >= 0.6 is 0 Å². The predicted octanol–water partition coefficient (Wildman–Crippen LogP) is 4.17. The number of aryl methyl sites for hydroxylation is 1. The van der Waals surface area contributed by atoms with Crippen LogP contribution in [0.2, 0.25) is 0 Å². The minimum atomic E-state index is 0.271. The van der Waals surface area contributed by atoms with Gasteiger partial charge in [-0.05, 0) is 30.0 Å². The third-order valence-corrected chi connectivity index (χ3v) is 3.33. The van der Waals surface area contributed by atoms with E-state index in [2.05, 4.69) is 19.1 Å². The van der Waals surface area contributed by atoms with E-state index in [-0.39, 0.29) is 5.75 Å². The zero-order chi connectivity index (χ0) is 13.2. The number of nitrogens with zero attached hydrogens (tertiary/aromatic N) is 1. The summed E-state index contributed by atoms with van der Waals surface area (Å²) in [5.41, 5.74) is 2.67. The summed E-state index contributed by atoms with van der Waals surface area (Å²) in [6, 6.07) is 17.6. The van der Waals surface area contributed by atoms with Crippen LogP contribution in [0.5, 0.6) is 5.75 Å². The Morgan fingerprint density at radius 2 is 1.74 bits per heavy atom. The Morgan fingerprint density at radius 3 is 2.53 bits per heavy atom. The van der Waals surface area contributed by atoms with Gasteiger partial charge in [-0.25, -0.2) is 0 Å². The highest BCUT2D eigenvalue weighted by molar-refractivity contribution is 5.88. The van der Waals surface area contributed by atoms with Gasteiger partial charge < -0.3 is 5.11 Å². The fourth-order valence-corrected chi connectivity index (χ4v) is 2.37. The van der Waals surface area contributed by atoms with Gasteiger partial charge in [0.1, 0.15) is 5.75 Å². The molecule has 2 aromatic carbocycles. The molecular weight excluding hydrogens is 234 g/mol. The average molecular weight is 249 g/mol. The fourth-order valence-electron chi connectivity index (χ4n) is 2.37. The summed E-state index contributed by atoms with van der Waals surface area (Å²) in [6.45, 7) is 2.10. The maximum Gasteiger partial charge on any atom is 0.124 e. The Kier molecular flexibility index (Phi) is 2.92. The number of para-hydroxylation sites is 1. The van der Waals surface area contributed by atoms with Crippen molar-refractivity contribution in [3.63, 3.8) is 0 Å². The summed E-state index contributed by atoms with van der Waals surface area (Å²) < 4.78 is 0. The molecule has 19 heavy (non-hydrogen) atoms. The highest BCUT2D eigenvalue weighted by Gasteiger charge is 2.08. The molecule has 0 bridgehead atoms. The van der Waals surface area contributed by atoms with Crippen LogP contribution in [0.1, 0.15) is 12.6 Å². The second-order valence-corrected chi connectivity index (χ2v) is 4.55. The maximum absolute atomic E-state index is 9.96. The summed E-state index contributed by atoms with van der Waals surface area (Å²) in [7, 11) is 0. The summed E-state index contributed by atoms with van der Waals surface area (Å²) in [5, 5.41) is 12.3. The van der Waals surface area contributed by atoms with Crippen LogP contribution < -0.4 is 0 Å². The van der Waals surface area contributed by atoms with E-state index in [0.29, 0.717) is 0 Å². The number of phenols is 1. The van der Waals surface area contributed by atoms with E-state index in [1.165, 1.54) is 5.39 Å². The van der Waals surface area contributed by atoms with Gasteiger partial charge in [0.25, 0.3) is 0 Å². The molecule has 0 aliphatic rings. The first-order valence-electron chi connectivity index (χ1n) is 6.46. The number of benzene rings is 2. The molecule has 0 aliphatic carbocycles. The van der Waals surface area contributed by atoms with Crippen molar-refractivity contribution in [3.05, 3.63) is 60.3 Å². The quantitative estimate of drug-likeness (QED) is 0.739. The molecule has 3 aromatic rings. The lowest BCUT2D eigenvalue weighted by atomic mass is 10.0. The molecule has 2 heteroatoms. The molecule has 0 fully saturated rings. The van der Waals surface area contributed by atoms with Crippen LogP contribution in [0.25, 0.3) is 22.0 Å². The van der Waals surface area contributed by atoms with Gasteiger partial charge in [0.15, 0.2) is 0 Å². The summed E-state index contributed by atoms with van der Waals surface area (Å²) in [5.74, 6) is 0.271. The molecule has 0 saturated heterocycles. The lowest BCUT2D eigenvalue weighted by Crippen LogP contribution is -1.93. The molecule has 2 nitrogen and oxygen atoms in total. The van der Waals surface area contributed by atoms with Gasteiger partial charge in [-0.1, -0.05) is 43.3 Å². The Morgan fingerprint density at radius 1 is 1.00 bits per heavy atom. The highest BCUT2D eigenvalue weighted by atomic mass is 16.3. The minimum absolute atomic E-state index is 0.271. The Hall–Kier alpha value is -2.35. The topological polar surface area (TPSA) is 33.1 Å². The number of hydrogen-bond donors (Lipinski definition) is 1. The number of aromatic hydroxyl groups is 1. The van der Waals surface area contributed by atoms with Crippen molar-refractivity contribution in [1.82, 2.24) is 4.98 Å². The molecule has 0 atom stereocenters. The fraction of sp³-hybridized carbons (Fsp3) is 0.118. The SMILES string of the molecule is CCc1nc(-c2ccccc2O)cc2ccccc12. The molecule has 1 N–H and O–H groups in total. The first kappa shape index (κ1) is 11.7. The van der Waals surface area contributed by atoms with E-state index in [4.69, 9.17) is 4.98 Å². The van der Waals surface area contributed by atoms with E-state index in [1.54, 1.807) is 6.07 Å². The van der Waals surface area contributed by atoms with Gasteiger partial charge in [0, 0.05) is 16.6 Å². The third-order valence-electron chi connectivity index (χ3n) is 3.33. The number of hydrogen-bond acceptors (Lipinski definition) is 2. The van der Waals surface area contributed by atoms with E-state index in [1.807, 2.05) is 36.4 Å². The van der Waals surface area contributed by atoms with Gasteiger partial charge in [-0.3, -0.25) is 4.98 Å². The van der Waals surface area contributed by atoms with Crippen molar-refractivity contribution >= 4 is 10.8 Å². The van der Waals surface area contributed by atoms with Crippen LogP contribution in [-0.2, 0) is 6.42 Å². The van der Waals surface area contributed by atoms with Gasteiger partial charge in [0.05, 0.1) is 5.69 Å². The molecule has 94 valence electrons. The lowest BCUT2D eigenvalue weighted by Gasteiger charge is -2.09. The van der Waals surface area contributed by atoms with Crippen LogP contribution in [0.4, 0.5) is 0 Å². The monoisotopic (exact) mass is 249 g/mol. The summed E-state index contributed by atoms with van der Waals surface area (Å²) in [4.78, 5) is 4.69. The molecule has 0 radical (unpaired) electrons. The predicted molar refractivity (Wildman–Crippen MR) is 78.2 cm³/mol. The van der Waals surface area contributed by atoms with Crippen LogP contribution in [-0.4, -0.2) is 10.1 Å². The van der Waals surface area contributed by atoms with Crippen molar-refractivity contribution in [1.29, 1.82) is 0 Å². The molecular formula is C17H15NO. The zero-order valence-electron chi connectivity index (χ0n) is 10.8. The van der Waals surface area contributed by atoms with E-state index in [0.717, 1.165) is 28.8 Å². The largest absolute Gasteiger partial charge is 0.507 e. The number of fused-ring (bicyclic) bond motifs is 1.